The Hall–Kier alpha value is -2.40. The highest BCUT2D eigenvalue weighted by molar-refractivity contribution is 6.30. The average molecular weight is 407 g/mol. The van der Waals surface area contributed by atoms with Gasteiger partial charge in [-0.3, -0.25) is 4.79 Å². The smallest absolute Gasteiger partial charge is 0.303 e. The van der Waals surface area contributed by atoms with E-state index in [-0.39, 0.29) is 25.9 Å². The van der Waals surface area contributed by atoms with Crippen LogP contribution in [-0.2, 0) is 11.2 Å². The lowest BCUT2D eigenvalue weighted by atomic mass is 10.0. The Bertz CT molecular complexity index is 904. The number of carbonyl (C=O) groups is 1. The fraction of sp³-hybridized carbons (Fsp3) is 0.318. The van der Waals surface area contributed by atoms with Gasteiger partial charge in [0.05, 0.1) is 0 Å². The fourth-order valence-corrected chi connectivity index (χ4v) is 3.53. The first-order valence-corrected chi connectivity index (χ1v) is 9.40. The molecule has 0 bridgehead atoms. The number of hydrogen-bond acceptors (Lipinski definition) is 2. The van der Waals surface area contributed by atoms with Gasteiger partial charge in [-0.05, 0) is 59.4 Å². The molecule has 0 saturated carbocycles. The van der Waals surface area contributed by atoms with E-state index in [4.69, 9.17) is 21.4 Å². The molecule has 0 saturated heterocycles. The van der Waals surface area contributed by atoms with Crippen molar-refractivity contribution >= 4 is 23.1 Å². The number of halogens is 3. The van der Waals surface area contributed by atoms with Crippen LogP contribution in [0, 0.1) is 6.92 Å². The summed E-state index contributed by atoms with van der Waals surface area (Å²) >= 11 is 5.90. The van der Waals surface area contributed by atoms with E-state index in [0.29, 0.717) is 28.3 Å². The van der Waals surface area contributed by atoms with Crippen molar-refractivity contribution in [1.82, 2.24) is 0 Å². The lowest BCUT2D eigenvalue weighted by Crippen LogP contribution is -2.11. The van der Waals surface area contributed by atoms with Gasteiger partial charge >= 0.3 is 5.97 Å². The van der Waals surface area contributed by atoms with E-state index in [0.717, 1.165) is 16.7 Å². The molecule has 148 valence electrons. The molecule has 0 aliphatic heterocycles. The van der Waals surface area contributed by atoms with Gasteiger partial charge < -0.3 is 9.84 Å². The Morgan fingerprint density at radius 1 is 1.18 bits per heavy atom. The number of ether oxygens (including phenoxy) is 1. The third kappa shape index (κ3) is 5.10. The van der Waals surface area contributed by atoms with E-state index in [9.17, 15) is 13.6 Å². The minimum atomic E-state index is -2.77. The van der Waals surface area contributed by atoms with Gasteiger partial charge in [-0.1, -0.05) is 35.9 Å². The number of carboxylic acids is 1. The first-order chi connectivity index (χ1) is 13.2. The highest BCUT2D eigenvalue weighted by Gasteiger charge is 2.39. The van der Waals surface area contributed by atoms with E-state index in [1.807, 2.05) is 19.1 Å². The molecule has 0 fully saturated rings. The zero-order chi connectivity index (χ0) is 20.3. The number of rotatable bonds is 7. The zero-order valence-corrected chi connectivity index (χ0v) is 16.2. The SMILES string of the molecule is Cc1cc(CCC(=O)O)ccc1OCC1=C(c2ccc(Cl)cc2)CC(F)(F)C1. The molecule has 0 spiro atoms. The van der Waals surface area contributed by atoms with Gasteiger partial charge in [0.25, 0.3) is 5.92 Å². The van der Waals surface area contributed by atoms with Crippen LogP contribution in [0.4, 0.5) is 8.78 Å². The summed E-state index contributed by atoms with van der Waals surface area (Å²) in [5, 5.41) is 9.34. The normalized spacial score (nSPS) is 15.7. The first kappa shape index (κ1) is 20.3. The number of carboxylic acid groups (broad SMARTS) is 1. The Labute approximate surface area is 167 Å². The van der Waals surface area contributed by atoms with Crippen molar-refractivity contribution in [3.63, 3.8) is 0 Å². The molecule has 3 rings (SSSR count). The third-order valence-corrected chi connectivity index (χ3v) is 5.05. The lowest BCUT2D eigenvalue weighted by Gasteiger charge is -2.13. The molecular formula is C22H21ClF2O3. The van der Waals surface area contributed by atoms with Crippen molar-refractivity contribution in [2.24, 2.45) is 0 Å². The molecule has 2 aromatic rings. The van der Waals surface area contributed by atoms with E-state index in [1.54, 1.807) is 30.3 Å². The molecule has 1 N–H and O–H groups in total. The first-order valence-electron chi connectivity index (χ1n) is 9.02. The number of alkyl halides is 2. The number of benzene rings is 2. The Balaban J connectivity index is 1.75. The molecule has 6 heteroatoms. The summed E-state index contributed by atoms with van der Waals surface area (Å²) in [6, 6.07) is 12.3. The van der Waals surface area contributed by atoms with Crippen molar-refractivity contribution in [2.75, 3.05) is 6.61 Å². The van der Waals surface area contributed by atoms with Crippen LogP contribution in [-0.4, -0.2) is 23.6 Å². The molecule has 1 aliphatic carbocycles. The highest BCUT2D eigenvalue weighted by Crippen LogP contribution is 2.44. The highest BCUT2D eigenvalue weighted by atomic mass is 35.5. The number of aryl methyl sites for hydroxylation is 2. The molecule has 3 nitrogen and oxygen atoms in total. The van der Waals surface area contributed by atoms with E-state index in [1.165, 1.54) is 0 Å². The van der Waals surface area contributed by atoms with Crippen molar-refractivity contribution in [3.8, 4) is 5.75 Å². The van der Waals surface area contributed by atoms with Crippen LogP contribution in [0.5, 0.6) is 5.75 Å². The maximum atomic E-state index is 14.0. The van der Waals surface area contributed by atoms with Crippen molar-refractivity contribution in [1.29, 1.82) is 0 Å². The summed E-state index contributed by atoms with van der Waals surface area (Å²) in [4.78, 5) is 10.7. The van der Waals surface area contributed by atoms with Crippen LogP contribution in [0.15, 0.2) is 48.0 Å². The molecule has 0 radical (unpaired) electrons. The topological polar surface area (TPSA) is 46.5 Å². The second-order valence-electron chi connectivity index (χ2n) is 7.08. The minimum absolute atomic E-state index is 0.0616. The Morgan fingerprint density at radius 3 is 2.54 bits per heavy atom. The molecule has 0 unspecified atom stereocenters. The van der Waals surface area contributed by atoms with Crippen LogP contribution in [0.2, 0.25) is 5.02 Å². The summed E-state index contributed by atoms with van der Waals surface area (Å²) in [6.45, 7) is 1.94. The summed E-state index contributed by atoms with van der Waals surface area (Å²) in [6.07, 6.45) is -0.123. The van der Waals surface area contributed by atoms with Gasteiger partial charge in [0.2, 0.25) is 0 Å². The maximum absolute atomic E-state index is 14.0. The van der Waals surface area contributed by atoms with Crippen LogP contribution < -0.4 is 4.74 Å². The predicted octanol–water partition coefficient (Wildman–Crippen LogP) is 5.93. The Kier molecular flexibility index (Phi) is 6.04. The van der Waals surface area contributed by atoms with Crippen LogP contribution in [0.3, 0.4) is 0 Å². The molecule has 28 heavy (non-hydrogen) atoms. The van der Waals surface area contributed by atoms with E-state index in [2.05, 4.69) is 0 Å². The van der Waals surface area contributed by atoms with Gasteiger partial charge in [0.15, 0.2) is 0 Å². The molecule has 0 atom stereocenters. The molecule has 0 heterocycles. The quantitative estimate of drug-likeness (QED) is 0.620. The van der Waals surface area contributed by atoms with Crippen molar-refractivity contribution in [3.05, 3.63) is 69.8 Å². The van der Waals surface area contributed by atoms with Gasteiger partial charge in [-0.15, -0.1) is 0 Å². The van der Waals surface area contributed by atoms with Crippen molar-refractivity contribution < 1.29 is 23.4 Å². The summed E-state index contributed by atoms with van der Waals surface area (Å²) in [7, 11) is 0. The number of allylic oxidation sites excluding steroid dienone is 1. The molecule has 0 aromatic heterocycles. The van der Waals surface area contributed by atoms with E-state index >= 15 is 0 Å². The van der Waals surface area contributed by atoms with Gasteiger partial charge in [-0.25, -0.2) is 8.78 Å². The number of aliphatic carboxylic acids is 1. The molecule has 2 aromatic carbocycles. The van der Waals surface area contributed by atoms with Crippen LogP contribution in [0.25, 0.3) is 5.57 Å². The van der Waals surface area contributed by atoms with Crippen LogP contribution in [0.1, 0.15) is 36.0 Å². The monoisotopic (exact) mass is 406 g/mol. The van der Waals surface area contributed by atoms with Gasteiger partial charge in [-0.2, -0.15) is 0 Å². The standard InChI is InChI=1S/C22H21ClF2O3/c1-14-10-15(3-9-21(26)27)2-8-20(14)28-13-17-11-22(24,25)12-19(17)16-4-6-18(23)7-5-16/h2,4-8,10H,3,9,11-13H2,1H3,(H,26,27). The maximum Gasteiger partial charge on any atom is 0.303 e. The Morgan fingerprint density at radius 2 is 1.89 bits per heavy atom. The fourth-order valence-electron chi connectivity index (χ4n) is 3.41. The minimum Gasteiger partial charge on any atom is -0.489 e. The van der Waals surface area contributed by atoms with Crippen molar-refractivity contribution in [2.45, 2.75) is 38.5 Å². The number of hydrogen-bond donors (Lipinski definition) is 1. The molecular weight excluding hydrogens is 386 g/mol. The van der Waals surface area contributed by atoms with Crippen LogP contribution >= 0.6 is 11.6 Å². The van der Waals surface area contributed by atoms with Gasteiger partial charge in [0, 0.05) is 24.3 Å². The molecule has 0 amide bonds. The summed E-state index contributed by atoms with van der Waals surface area (Å²) in [5.74, 6) is -3.01. The van der Waals surface area contributed by atoms with Gasteiger partial charge in [0.1, 0.15) is 12.4 Å². The molecule has 1 aliphatic rings. The second kappa shape index (κ2) is 8.31. The predicted molar refractivity (Wildman–Crippen MR) is 105 cm³/mol. The van der Waals surface area contributed by atoms with E-state index < -0.39 is 11.9 Å². The largest absolute Gasteiger partial charge is 0.489 e. The summed E-state index contributed by atoms with van der Waals surface area (Å²) < 4.78 is 33.9. The third-order valence-electron chi connectivity index (χ3n) is 4.80. The zero-order valence-electron chi connectivity index (χ0n) is 15.5. The lowest BCUT2D eigenvalue weighted by molar-refractivity contribution is -0.136. The summed E-state index contributed by atoms with van der Waals surface area (Å²) in [5.41, 5.74) is 3.68. The second-order valence-corrected chi connectivity index (χ2v) is 7.52. The average Bonchev–Trinajstić information content (AvgIpc) is 2.94.